The smallest absolute Gasteiger partial charge is 0.408 e. The van der Waals surface area contributed by atoms with Gasteiger partial charge < -0.3 is 20.7 Å². The Kier molecular flexibility index (Phi) is 9.67. The maximum Gasteiger partial charge on any atom is 0.408 e. The number of aryl methyl sites for hydroxylation is 1. The number of benzene rings is 3. The van der Waals surface area contributed by atoms with Crippen molar-refractivity contribution >= 4 is 23.7 Å². The largest absolute Gasteiger partial charge is 0.445 e. The van der Waals surface area contributed by atoms with Gasteiger partial charge in [0.1, 0.15) is 12.6 Å². The molecule has 0 unspecified atom stereocenters. The summed E-state index contributed by atoms with van der Waals surface area (Å²) in [5.41, 5.74) is 3.79. The predicted molar refractivity (Wildman–Crippen MR) is 151 cm³/mol. The van der Waals surface area contributed by atoms with Gasteiger partial charge in [-0.25, -0.2) is 4.79 Å². The molecule has 3 amide bonds. The highest BCUT2D eigenvalue weighted by molar-refractivity contribution is 6.38. The Hall–Kier alpha value is -4.46. The molecule has 1 aliphatic carbocycles. The van der Waals surface area contributed by atoms with Gasteiger partial charge in [0.15, 0.2) is 0 Å². The number of hydrogen-bond acceptors (Lipinski definition) is 5. The van der Waals surface area contributed by atoms with Crippen molar-refractivity contribution < 1.29 is 23.9 Å². The molecule has 0 fully saturated rings. The van der Waals surface area contributed by atoms with Gasteiger partial charge in [-0.15, -0.1) is 0 Å². The lowest BCUT2D eigenvalue weighted by Gasteiger charge is -2.25. The van der Waals surface area contributed by atoms with E-state index in [9.17, 15) is 19.2 Å². The molecule has 3 N–H and O–H groups in total. The average molecular weight is 542 g/mol. The zero-order valence-corrected chi connectivity index (χ0v) is 22.8. The third-order valence-corrected chi connectivity index (χ3v) is 7.01. The second kappa shape index (κ2) is 13.6. The number of ether oxygens (including phenoxy) is 1. The molecule has 0 saturated heterocycles. The fraction of sp³-hybridized carbons (Fsp3) is 0.312. The first-order chi connectivity index (χ1) is 19.3. The lowest BCUT2D eigenvalue weighted by atomic mass is 9.97. The number of hydrogen-bond donors (Lipinski definition) is 3. The summed E-state index contributed by atoms with van der Waals surface area (Å²) in [5.74, 6) is -2.40. The molecule has 0 radical (unpaired) electrons. The number of carbonyl (C=O) groups excluding carboxylic acids is 4. The summed E-state index contributed by atoms with van der Waals surface area (Å²) >= 11 is 0. The highest BCUT2D eigenvalue weighted by Crippen LogP contribution is 2.30. The van der Waals surface area contributed by atoms with Crippen molar-refractivity contribution in [1.82, 2.24) is 16.0 Å². The minimum atomic E-state index is -1.07. The van der Waals surface area contributed by atoms with Gasteiger partial charge in [0.05, 0.1) is 12.1 Å². The summed E-state index contributed by atoms with van der Waals surface area (Å²) in [6.07, 6.45) is 0.958. The van der Waals surface area contributed by atoms with Crippen molar-refractivity contribution in [3.63, 3.8) is 0 Å². The predicted octanol–water partition coefficient (Wildman–Crippen LogP) is 4.04. The van der Waals surface area contributed by atoms with Crippen LogP contribution in [0.15, 0.2) is 84.9 Å². The molecule has 0 heterocycles. The van der Waals surface area contributed by atoms with Crippen molar-refractivity contribution in [3.05, 3.63) is 107 Å². The number of fused-ring (bicyclic) bond motifs is 1. The number of ketones is 1. The average Bonchev–Trinajstić information content (AvgIpc) is 3.37. The van der Waals surface area contributed by atoms with E-state index in [1.807, 2.05) is 84.9 Å². The van der Waals surface area contributed by atoms with E-state index >= 15 is 0 Å². The molecule has 8 nitrogen and oxygen atoms in total. The van der Waals surface area contributed by atoms with Crippen LogP contribution in [0.4, 0.5) is 4.79 Å². The van der Waals surface area contributed by atoms with Gasteiger partial charge in [0.2, 0.25) is 11.7 Å². The highest BCUT2D eigenvalue weighted by atomic mass is 16.5. The molecule has 0 aromatic heterocycles. The molecule has 3 aromatic carbocycles. The Balaban J connectivity index is 1.42. The molecule has 0 bridgehead atoms. The van der Waals surface area contributed by atoms with Crippen LogP contribution in [-0.2, 0) is 38.6 Å². The van der Waals surface area contributed by atoms with Gasteiger partial charge in [-0.2, -0.15) is 0 Å². The summed E-state index contributed by atoms with van der Waals surface area (Å²) in [6, 6.07) is 23.9. The van der Waals surface area contributed by atoms with Gasteiger partial charge in [-0.3, -0.25) is 14.4 Å². The van der Waals surface area contributed by atoms with Crippen molar-refractivity contribution in [3.8, 4) is 0 Å². The van der Waals surface area contributed by atoms with Crippen LogP contribution in [0.3, 0.4) is 0 Å². The second-order valence-electron chi connectivity index (χ2n) is 10.3. The zero-order chi connectivity index (χ0) is 28.5. The number of Topliss-reactive ketones (excluding diaryl/α,β-unsaturated/α-hetero) is 1. The summed E-state index contributed by atoms with van der Waals surface area (Å²) in [5, 5.41) is 8.20. The van der Waals surface area contributed by atoms with Crippen molar-refractivity contribution in [2.75, 3.05) is 0 Å². The minimum Gasteiger partial charge on any atom is -0.445 e. The number of carbonyl (C=O) groups is 4. The SMILES string of the molecule is CC(C)[C@H](NC(=O)[C@H](Cc1ccccc1)NC(=O)OCc1ccccc1)C(=O)C(=O)N[C@@H]1CCc2ccccc21. The number of nitrogens with one attached hydrogen (secondary N) is 3. The number of alkyl carbamates (subject to hydrolysis) is 1. The van der Waals surface area contributed by atoms with Crippen LogP contribution in [0, 0.1) is 5.92 Å². The third kappa shape index (κ3) is 7.56. The van der Waals surface area contributed by atoms with Crippen LogP contribution in [0.25, 0.3) is 0 Å². The van der Waals surface area contributed by atoms with Crippen molar-refractivity contribution in [2.24, 2.45) is 5.92 Å². The van der Waals surface area contributed by atoms with E-state index < -0.39 is 35.8 Å². The Morgan fingerprint density at radius 2 is 1.45 bits per heavy atom. The summed E-state index contributed by atoms with van der Waals surface area (Å²) < 4.78 is 5.33. The Morgan fingerprint density at radius 3 is 2.12 bits per heavy atom. The number of amides is 3. The Morgan fingerprint density at radius 1 is 0.825 bits per heavy atom. The first-order valence-electron chi connectivity index (χ1n) is 13.6. The van der Waals surface area contributed by atoms with E-state index in [0.29, 0.717) is 6.42 Å². The van der Waals surface area contributed by atoms with E-state index in [2.05, 4.69) is 16.0 Å². The monoisotopic (exact) mass is 541 g/mol. The molecular formula is C32H35N3O5. The molecule has 3 aromatic rings. The molecule has 8 heteroatoms. The molecule has 0 saturated carbocycles. The lowest BCUT2D eigenvalue weighted by Crippen LogP contribution is -2.56. The molecular weight excluding hydrogens is 506 g/mol. The van der Waals surface area contributed by atoms with Crippen LogP contribution in [0.2, 0.25) is 0 Å². The number of rotatable bonds is 11. The summed E-state index contributed by atoms with van der Waals surface area (Å²) in [4.78, 5) is 52.3. The van der Waals surface area contributed by atoms with Gasteiger partial charge in [0, 0.05) is 6.42 Å². The van der Waals surface area contributed by atoms with Crippen molar-refractivity contribution in [2.45, 2.75) is 57.8 Å². The van der Waals surface area contributed by atoms with E-state index in [4.69, 9.17) is 4.74 Å². The van der Waals surface area contributed by atoms with Crippen molar-refractivity contribution in [1.29, 1.82) is 0 Å². The molecule has 3 atom stereocenters. The maximum atomic E-state index is 13.4. The quantitative estimate of drug-likeness (QED) is 0.317. The first kappa shape index (κ1) is 28.5. The van der Waals surface area contributed by atoms with Gasteiger partial charge in [0.25, 0.3) is 5.91 Å². The van der Waals surface area contributed by atoms with Crippen LogP contribution < -0.4 is 16.0 Å². The third-order valence-electron chi connectivity index (χ3n) is 7.01. The van der Waals surface area contributed by atoms with Crippen LogP contribution >= 0.6 is 0 Å². The fourth-order valence-corrected chi connectivity index (χ4v) is 4.83. The van der Waals surface area contributed by atoms with E-state index in [1.165, 1.54) is 0 Å². The molecule has 0 spiro atoms. The zero-order valence-electron chi connectivity index (χ0n) is 22.8. The molecule has 1 aliphatic rings. The normalized spacial score (nSPS) is 15.4. The molecule has 40 heavy (non-hydrogen) atoms. The first-order valence-corrected chi connectivity index (χ1v) is 13.6. The van der Waals surface area contributed by atoms with Gasteiger partial charge in [-0.05, 0) is 41.0 Å². The molecule has 0 aliphatic heterocycles. The molecule has 208 valence electrons. The lowest BCUT2D eigenvalue weighted by molar-refractivity contribution is -0.141. The summed E-state index contributed by atoms with van der Waals surface area (Å²) in [6.45, 7) is 3.56. The molecule has 4 rings (SSSR count). The van der Waals surface area contributed by atoms with Gasteiger partial charge >= 0.3 is 6.09 Å². The van der Waals surface area contributed by atoms with Gasteiger partial charge in [-0.1, -0.05) is 98.8 Å². The van der Waals surface area contributed by atoms with Crippen LogP contribution in [0.5, 0.6) is 0 Å². The Labute approximate surface area is 234 Å². The highest BCUT2D eigenvalue weighted by Gasteiger charge is 2.34. The van der Waals surface area contributed by atoms with E-state index in [0.717, 1.165) is 28.7 Å². The Bertz CT molecular complexity index is 1330. The minimum absolute atomic E-state index is 0.0456. The van der Waals surface area contributed by atoms with Crippen LogP contribution in [0.1, 0.15) is 48.6 Å². The van der Waals surface area contributed by atoms with Crippen LogP contribution in [-0.4, -0.2) is 35.8 Å². The second-order valence-corrected chi connectivity index (χ2v) is 10.3. The maximum absolute atomic E-state index is 13.4. The fourth-order valence-electron chi connectivity index (χ4n) is 4.83. The van der Waals surface area contributed by atoms with E-state index in [1.54, 1.807) is 13.8 Å². The summed E-state index contributed by atoms with van der Waals surface area (Å²) in [7, 11) is 0. The topological polar surface area (TPSA) is 114 Å². The van der Waals surface area contributed by atoms with E-state index in [-0.39, 0.29) is 25.0 Å². The standard InChI is InChI=1S/C32H35N3O5/c1-21(2)28(29(36)31(38)33-26-18-17-24-15-9-10-16-25(24)26)35-30(37)27(19-22-11-5-3-6-12-22)34-32(39)40-20-23-13-7-4-8-14-23/h3-16,21,26-28H,17-20H2,1-2H3,(H,33,38)(H,34,39)(H,35,37)/t26-,27+,28+/m1/s1.